The van der Waals surface area contributed by atoms with E-state index in [1.54, 1.807) is 13.3 Å². The van der Waals surface area contributed by atoms with Crippen molar-refractivity contribution < 1.29 is 9.26 Å². The highest BCUT2D eigenvalue weighted by molar-refractivity contribution is 6.32. The molecule has 0 spiro atoms. The van der Waals surface area contributed by atoms with E-state index in [2.05, 4.69) is 15.2 Å². The molecule has 7 heteroatoms. The number of aromatic nitrogens is 4. The number of halogens is 1. The van der Waals surface area contributed by atoms with Crippen molar-refractivity contribution in [3.63, 3.8) is 0 Å². The quantitative estimate of drug-likeness (QED) is 0.719. The minimum atomic E-state index is -0.271. The third-order valence-electron chi connectivity index (χ3n) is 4.14. The molecular weight excluding hydrogens is 316 g/mol. The molecule has 1 aromatic carbocycles. The van der Waals surface area contributed by atoms with Crippen molar-refractivity contribution in [1.82, 2.24) is 19.9 Å². The molecule has 0 saturated heterocycles. The predicted octanol–water partition coefficient (Wildman–Crippen LogP) is 3.06. The van der Waals surface area contributed by atoms with Gasteiger partial charge in [-0.05, 0) is 30.5 Å². The summed E-state index contributed by atoms with van der Waals surface area (Å²) in [5.74, 6) is 1.85. The Balaban J connectivity index is 1.60. The lowest BCUT2D eigenvalue weighted by Crippen LogP contribution is -2.19. The highest BCUT2D eigenvalue weighted by Crippen LogP contribution is 2.48. The number of nitrogens with zero attached hydrogens (tertiary/aromatic N) is 4. The zero-order valence-corrected chi connectivity index (χ0v) is 13.3. The summed E-state index contributed by atoms with van der Waals surface area (Å²) in [6.07, 6.45) is 6.09. The maximum Gasteiger partial charge on any atom is 0.254 e. The van der Waals surface area contributed by atoms with Crippen LogP contribution in [0.2, 0.25) is 5.02 Å². The van der Waals surface area contributed by atoms with Crippen LogP contribution in [0.1, 0.15) is 30.1 Å². The SMILES string of the molecule is COc1cccc(Cc2noc(C3(n4cccn4)CC3)n2)c1Cl. The number of benzene rings is 1. The molecule has 0 atom stereocenters. The Morgan fingerprint density at radius 3 is 2.91 bits per heavy atom. The summed E-state index contributed by atoms with van der Waals surface area (Å²) < 4.78 is 12.6. The number of hydrogen-bond donors (Lipinski definition) is 0. The van der Waals surface area contributed by atoms with Crippen LogP contribution in [0.5, 0.6) is 5.75 Å². The highest BCUT2D eigenvalue weighted by Gasteiger charge is 2.52. The van der Waals surface area contributed by atoms with Gasteiger partial charge in [-0.2, -0.15) is 10.1 Å². The van der Waals surface area contributed by atoms with Gasteiger partial charge < -0.3 is 9.26 Å². The van der Waals surface area contributed by atoms with Gasteiger partial charge in [0, 0.05) is 18.8 Å². The highest BCUT2D eigenvalue weighted by atomic mass is 35.5. The van der Waals surface area contributed by atoms with Gasteiger partial charge in [0.05, 0.1) is 12.1 Å². The molecule has 3 aromatic rings. The van der Waals surface area contributed by atoms with E-state index < -0.39 is 0 Å². The van der Waals surface area contributed by atoms with Crippen LogP contribution in [0.4, 0.5) is 0 Å². The molecule has 1 aliphatic rings. The van der Waals surface area contributed by atoms with E-state index in [4.69, 9.17) is 20.9 Å². The molecule has 4 rings (SSSR count). The van der Waals surface area contributed by atoms with Gasteiger partial charge in [0.2, 0.25) is 0 Å². The van der Waals surface area contributed by atoms with Gasteiger partial charge in [-0.3, -0.25) is 4.68 Å². The maximum absolute atomic E-state index is 6.32. The predicted molar refractivity (Wildman–Crippen MR) is 83.6 cm³/mol. The molecule has 1 fully saturated rings. The zero-order valence-electron chi connectivity index (χ0n) is 12.6. The van der Waals surface area contributed by atoms with E-state index in [1.165, 1.54) is 0 Å². The van der Waals surface area contributed by atoms with E-state index in [1.807, 2.05) is 35.1 Å². The normalized spacial score (nSPS) is 15.6. The van der Waals surface area contributed by atoms with Crippen LogP contribution in [0, 0.1) is 0 Å². The molecule has 2 aromatic heterocycles. The first kappa shape index (κ1) is 14.3. The van der Waals surface area contributed by atoms with E-state index in [9.17, 15) is 0 Å². The second-order valence-corrected chi connectivity index (χ2v) is 5.99. The van der Waals surface area contributed by atoms with Crippen LogP contribution in [0.15, 0.2) is 41.2 Å². The lowest BCUT2D eigenvalue weighted by Gasteiger charge is -2.10. The number of hydrogen-bond acceptors (Lipinski definition) is 5. The molecule has 0 unspecified atom stereocenters. The van der Waals surface area contributed by atoms with Crippen LogP contribution in [0.25, 0.3) is 0 Å². The van der Waals surface area contributed by atoms with Crippen molar-refractivity contribution in [2.45, 2.75) is 24.8 Å². The molecule has 0 radical (unpaired) electrons. The second kappa shape index (κ2) is 5.38. The van der Waals surface area contributed by atoms with E-state index in [0.29, 0.717) is 28.9 Å². The Labute approximate surface area is 138 Å². The fraction of sp³-hybridized carbons (Fsp3) is 0.312. The number of ether oxygens (including phenoxy) is 1. The van der Waals surface area contributed by atoms with Gasteiger partial charge in [-0.25, -0.2) is 0 Å². The Bertz CT molecular complexity index is 824. The van der Waals surface area contributed by atoms with Crippen LogP contribution in [-0.2, 0) is 12.0 Å². The Kier molecular flexibility index (Phi) is 3.34. The van der Waals surface area contributed by atoms with Crippen molar-refractivity contribution >= 4 is 11.6 Å². The first-order valence-corrected chi connectivity index (χ1v) is 7.75. The second-order valence-electron chi connectivity index (χ2n) is 5.61. The molecule has 0 amide bonds. The van der Waals surface area contributed by atoms with Gasteiger partial charge >= 0.3 is 0 Å². The van der Waals surface area contributed by atoms with E-state index in [-0.39, 0.29) is 5.54 Å². The summed E-state index contributed by atoms with van der Waals surface area (Å²) >= 11 is 6.32. The summed E-state index contributed by atoms with van der Waals surface area (Å²) in [7, 11) is 1.60. The Morgan fingerprint density at radius 2 is 2.22 bits per heavy atom. The van der Waals surface area contributed by atoms with Crippen LogP contribution < -0.4 is 4.74 Å². The summed E-state index contributed by atoms with van der Waals surface area (Å²) in [6, 6.07) is 7.55. The van der Waals surface area contributed by atoms with Gasteiger partial charge in [0.1, 0.15) is 11.3 Å². The first-order chi connectivity index (χ1) is 11.2. The Hall–Kier alpha value is -2.34. The van der Waals surface area contributed by atoms with Crippen molar-refractivity contribution in [1.29, 1.82) is 0 Å². The van der Waals surface area contributed by atoms with Crippen LogP contribution in [0.3, 0.4) is 0 Å². The molecule has 118 valence electrons. The molecule has 0 bridgehead atoms. The van der Waals surface area contributed by atoms with Crippen LogP contribution in [-0.4, -0.2) is 27.0 Å². The monoisotopic (exact) mass is 330 g/mol. The third-order valence-corrected chi connectivity index (χ3v) is 4.57. The van der Waals surface area contributed by atoms with Crippen molar-refractivity contribution in [3.05, 3.63) is 59.0 Å². The van der Waals surface area contributed by atoms with Gasteiger partial charge in [0.25, 0.3) is 5.89 Å². The fourth-order valence-corrected chi connectivity index (χ4v) is 2.99. The zero-order chi connectivity index (χ0) is 15.9. The average molecular weight is 331 g/mol. The van der Waals surface area contributed by atoms with Crippen molar-refractivity contribution in [3.8, 4) is 5.75 Å². The molecule has 23 heavy (non-hydrogen) atoms. The standard InChI is InChI=1S/C16H15ClN4O2/c1-22-12-5-2-4-11(14(12)17)10-13-19-15(23-20-13)16(6-7-16)21-9-3-8-18-21/h2-5,8-9H,6-7,10H2,1H3. The van der Waals surface area contributed by atoms with E-state index in [0.717, 1.165) is 18.4 Å². The molecule has 2 heterocycles. The smallest absolute Gasteiger partial charge is 0.254 e. The topological polar surface area (TPSA) is 66.0 Å². The minimum Gasteiger partial charge on any atom is -0.495 e. The molecule has 6 nitrogen and oxygen atoms in total. The molecule has 1 aliphatic carbocycles. The number of methoxy groups -OCH3 is 1. The van der Waals surface area contributed by atoms with E-state index >= 15 is 0 Å². The molecular formula is C16H15ClN4O2. The summed E-state index contributed by atoms with van der Waals surface area (Å²) in [6.45, 7) is 0. The molecule has 0 N–H and O–H groups in total. The van der Waals surface area contributed by atoms with Gasteiger partial charge in [-0.1, -0.05) is 28.9 Å². The van der Waals surface area contributed by atoms with Gasteiger partial charge in [-0.15, -0.1) is 0 Å². The lowest BCUT2D eigenvalue weighted by atomic mass is 10.1. The molecule has 0 aliphatic heterocycles. The first-order valence-electron chi connectivity index (χ1n) is 7.37. The summed E-state index contributed by atoms with van der Waals surface area (Å²) in [5.41, 5.74) is 0.634. The third kappa shape index (κ3) is 2.39. The average Bonchev–Trinajstić information content (AvgIpc) is 3.01. The lowest BCUT2D eigenvalue weighted by molar-refractivity contribution is 0.312. The van der Waals surface area contributed by atoms with Gasteiger partial charge in [0.15, 0.2) is 5.82 Å². The summed E-state index contributed by atoms with van der Waals surface area (Å²) in [4.78, 5) is 4.55. The van der Waals surface area contributed by atoms with Crippen molar-refractivity contribution in [2.24, 2.45) is 0 Å². The largest absolute Gasteiger partial charge is 0.495 e. The molecule has 1 saturated carbocycles. The minimum absolute atomic E-state index is 0.271. The Morgan fingerprint density at radius 1 is 1.35 bits per heavy atom. The number of rotatable bonds is 5. The summed E-state index contributed by atoms with van der Waals surface area (Å²) in [5, 5.41) is 8.98. The van der Waals surface area contributed by atoms with Crippen molar-refractivity contribution in [2.75, 3.05) is 7.11 Å². The maximum atomic E-state index is 6.32. The van der Waals surface area contributed by atoms with Crippen LogP contribution >= 0.6 is 11.6 Å². The fourth-order valence-electron chi connectivity index (χ4n) is 2.72.